The lowest BCUT2D eigenvalue weighted by Crippen LogP contribution is -2.29. The summed E-state index contributed by atoms with van der Waals surface area (Å²) in [4.78, 5) is 13.7. The molecule has 0 bridgehead atoms. The average Bonchev–Trinajstić information content (AvgIpc) is 3.44. The van der Waals surface area contributed by atoms with Crippen LogP contribution in [0.4, 0.5) is 13.2 Å². The van der Waals surface area contributed by atoms with Crippen molar-refractivity contribution < 1.29 is 31.1 Å². The Morgan fingerprint density at radius 2 is 1.84 bits per heavy atom. The summed E-state index contributed by atoms with van der Waals surface area (Å²) in [7, 11) is -2.63. The molecule has 0 saturated heterocycles. The molecule has 12 heteroatoms. The van der Waals surface area contributed by atoms with Crippen LogP contribution in [-0.2, 0) is 16.6 Å². The highest BCUT2D eigenvalue weighted by Gasteiger charge is 2.33. The molecular formula is C19H17Cl2F3N2O4S. The maximum absolute atomic E-state index is 12.9. The average molecular weight is 497 g/mol. The number of benzene rings is 2. The Morgan fingerprint density at radius 3 is 2.45 bits per heavy atom. The van der Waals surface area contributed by atoms with Crippen molar-refractivity contribution in [2.45, 2.75) is 36.7 Å². The molecular weight excluding hydrogens is 480 g/mol. The SMILES string of the molecule is CN(Cc1ccccc1OC(F)(F)F)C(=O)c1cc(S(=O)(=O)NC2CC2)c(Cl)cc1Cl. The number of alkyl halides is 3. The summed E-state index contributed by atoms with van der Waals surface area (Å²) < 4.78 is 69.4. The standard InChI is InChI=1S/C19H17Cl2F3N2O4S/c1-26(10-11-4-2-3-5-16(11)30-19(22,23)24)18(27)13-8-17(15(21)9-14(13)20)31(28,29)25-12-6-7-12/h2-5,8-9,12,25H,6-7,10H2,1H3. The van der Waals surface area contributed by atoms with Gasteiger partial charge in [0.1, 0.15) is 10.6 Å². The van der Waals surface area contributed by atoms with Gasteiger partial charge in [-0.3, -0.25) is 4.79 Å². The lowest BCUT2D eigenvalue weighted by Gasteiger charge is -2.21. The van der Waals surface area contributed by atoms with Crippen molar-refractivity contribution in [2.75, 3.05) is 7.05 Å². The number of carbonyl (C=O) groups excluding carboxylic acids is 1. The summed E-state index contributed by atoms with van der Waals surface area (Å²) in [5.41, 5.74) is -0.0528. The number of carbonyl (C=O) groups is 1. The molecule has 3 rings (SSSR count). The number of sulfonamides is 1. The molecule has 0 spiro atoms. The monoisotopic (exact) mass is 496 g/mol. The highest BCUT2D eigenvalue weighted by molar-refractivity contribution is 7.89. The fraction of sp³-hybridized carbons (Fsp3) is 0.316. The summed E-state index contributed by atoms with van der Waals surface area (Å²) in [6.07, 6.45) is -3.48. The maximum atomic E-state index is 12.9. The van der Waals surface area contributed by atoms with E-state index in [1.807, 2.05) is 0 Å². The third-order valence-corrected chi connectivity index (χ3v) is 6.69. The van der Waals surface area contributed by atoms with Crippen LogP contribution in [0.25, 0.3) is 0 Å². The van der Waals surface area contributed by atoms with Crippen molar-refractivity contribution in [3.05, 3.63) is 57.6 Å². The number of nitrogens with one attached hydrogen (secondary N) is 1. The molecule has 1 aliphatic rings. The molecule has 0 radical (unpaired) electrons. The van der Waals surface area contributed by atoms with Gasteiger partial charge in [0.15, 0.2) is 0 Å². The summed E-state index contributed by atoms with van der Waals surface area (Å²) in [5, 5.41) is -0.242. The fourth-order valence-corrected chi connectivity index (χ4v) is 4.93. The second-order valence-corrected chi connectivity index (χ2v) is 9.47. The van der Waals surface area contributed by atoms with Gasteiger partial charge in [-0.15, -0.1) is 13.2 Å². The van der Waals surface area contributed by atoms with E-state index in [1.165, 1.54) is 25.2 Å². The van der Waals surface area contributed by atoms with Gasteiger partial charge in [-0.2, -0.15) is 0 Å². The van der Waals surface area contributed by atoms with E-state index in [-0.39, 0.29) is 38.7 Å². The lowest BCUT2D eigenvalue weighted by molar-refractivity contribution is -0.275. The number of halogens is 5. The van der Waals surface area contributed by atoms with Crippen molar-refractivity contribution in [3.8, 4) is 5.75 Å². The summed E-state index contributed by atoms with van der Waals surface area (Å²) in [6.45, 7) is -0.244. The first-order valence-electron chi connectivity index (χ1n) is 8.98. The molecule has 0 unspecified atom stereocenters. The van der Waals surface area contributed by atoms with E-state index in [9.17, 15) is 26.4 Å². The van der Waals surface area contributed by atoms with Gasteiger partial charge in [-0.05, 0) is 31.0 Å². The van der Waals surface area contributed by atoms with Crippen LogP contribution >= 0.6 is 23.2 Å². The number of hydrogen-bond acceptors (Lipinski definition) is 4. The minimum absolute atomic E-state index is 0.0907. The summed E-state index contributed by atoms with van der Waals surface area (Å²) in [5.74, 6) is -1.15. The van der Waals surface area contributed by atoms with E-state index in [0.717, 1.165) is 23.1 Å². The van der Waals surface area contributed by atoms with Crippen LogP contribution in [0.2, 0.25) is 10.0 Å². The van der Waals surface area contributed by atoms with Gasteiger partial charge in [0.2, 0.25) is 10.0 Å². The lowest BCUT2D eigenvalue weighted by atomic mass is 10.1. The zero-order valence-electron chi connectivity index (χ0n) is 16.0. The smallest absolute Gasteiger partial charge is 0.405 e. The molecule has 1 amide bonds. The minimum Gasteiger partial charge on any atom is -0.405 e. The molecule has 168 valence electrons. The molecule has 0 aromatic heterocycles. The molecule has 0 aliphatic heterocycles. The Balaban J connectivity index is 1.87. The van der Waals surface area contributed by atoms with Gasteiger partial charge >= 0.3 is 6.36 Å². The van der Waals surface area contributed by atoms with Crippen LogP contribution in [-0.4, -0.2) is 38.7 Å². The maximum Gasteiger partial charge on any atom is 0.573 e. The Morgan fingerprint density at radius 1 is 1.19 bits per heavy atom. The largest absolute Gasteiger partial charge is 0.573 e. The van der Waals surface area contributed by atoms with Gasteiger partial charge in [0.05, 0.1) is 15.6 Å². The first-order valence-corrected chi connectivity index (χ1v) is 11.2. The number of para-hydroxylation sites is 1. The van der Waals surface area contributed by atoms with Crippen molar-refractivity contribution >= 4 is 39.1 Å². The van der Waals surface area contributed by atoms with E-state index < -0.39 is 28.0 Å². The van der Waals surface area contributed by atoms with E-state index in [0.29, 0.717) is 12.8 Å². The van der Waals surface area contributed by atoms with Gasteiger partial charge < -0.3 is 9.64 Å². The zero-order valence-corrected chi connectivity index (χ0v) is 18.4. The molecule has 2 aromatic rings. The molecule has 0 atom stereocenters. The molecule has 1 saturated carbocycles. The summed E-state index contributed by atoms with van der Waals surface area (Å²) in [6, 6.07) is 7.41. The number of hydrogen-bond donors (Lipinski definition) is 1. The van der Waals surface area contributed by atoms with Crippen LogP contribution in [0, 0.1) is 0 Å². The van der Waals surface area contributed by atoms with Crippen molar-refractivity contribution in [3.63, 3.8) is 0 Å². The number of nitrogens with zero attached hydrogens (tertiary/aromatic N) is 1. The van der Waals surface area contributed by atoms with E-state index in [1.54, 1.807) is 0 Å². The van der Waals surface area contributed by atoms with Crippen LogP contribution in [0.15, 0.2) is 41.3 Å². The van der Waals surface area contributed by atoms with E-state index >= 15 is 0 Å². The molecule has 1 aliphatic carbocycles. The Kier molecular flexibility index (Phi) is 6.75. The van der Waals surface area contributed by atoms with Gasteiger partial charge in [-0.25, -0.2) is 13.1 Å². The van der Waals surface area contributed by atoms with Crippen molar-refractivity contribution in [1.29, 1.82) is 0 Å². The van der Waals surface area contributed by atoms with Gasteiger partial charge in [0, 0.05) is 25.2 Å². The zero-order chi connectivity index (χ0) is 23.0. The topological polar surface area (TPSA) is 75.7 Å². The second-order valence-electron chi connectivity index (χ2n) is 6.97. The molecule has 2 aromatic carbocycles. The molecule has 1 fully saturated rings. The number of rotatable bonds is 7. The third kappa shape index (κ3) is 6.03. The normalized spacial score (nSPS) is 14.4. The second kappa shape index (κ2) is 8.85. The summed E-state index contributed by atoms with van der Waals surface area (Å²) >= 11 is 12.1. The van der Waals surface area contributed by atoms with Gasteiger partial charge in [-0.1, -0.05) is 41.4 Å². The molecule has 1 N–H and O–H groups in total. The van der Waals surface area contributed by atoms with Crippen LogP contribution < -0.4 is 9.46 Å². The predicted octanol–water partition coefficient (Wildman–Crippen LogP) is 4.60. The third-order valence-electron chi connectivity index (χ3n) is 4.39. The number of ether oxygens (including phenoxy) is 1. The highest BCUT2D eigenvalue weighted by atomic mass is 35.5. The van der Waals surface area contributed by atoms with Crippen LogP contribution in [0.3, 0.4) is 0 Å². The van der Waals surface area contributed by atoms with Crippen LogP contribution in [0.1, 0.15) is 28.8 Å². The highest BCUT2D eigenvalue weighted by Crippen LogP contribution is 2.32. The molecule has 6 nitrogen and oxygen atoms in total. The van der Waals surface area contributed by atoms with Crippen molar-refractivity contribution in [2.24, 2.45) is 0 Å². The first-order chi connectivity index (χ1) is 14.4. The predicted molar refractivity (Wildman–Crippen MR) is 109 cm³/mol. The molecule has 0 heterocycles. The van der Waals surface area contributed by atoms with Gasteiger partial charge in [0.25, 0.3) is 5.91 Å². The quantitative estimate of drug-likeness (QED) is 0.607. The minimum atomic E-state index is -4.89. The van der Waals surface area contributed by atoms with Crippen molar-refractivity contribution in [1.82, 2.24) is 9.62 Å². The number of amides is 1. The van der Waals surface area contributed by atoms with E-state index in [4.69, 9.17) is 23.2 Å². The first kappa shape index (κ1) is 23.6. The Bertz CT molecular complexity index is 1110. The Hall–Kier alpha value is -2.01. The van der Waals surface area contributed by atoms with E-state index in [2.05, 4.69) is 9.46 Å². The van der Waals surface area contributed by atoms with Crippen LogP contribution in [0.5, 0.6) is 5.75 Å². The molecule has 31 heavy (non-hydrogen) atoms. The Labute approximate surface area is 186 Å². The fourth-order valence-electron chi connectivity index (χ4n) is 2.77.